The van der Waals surface area contributed by atoms with E-state index in [1.807, 2.05) is 0 Å². The minimum absolute atomic E-state index is 0.170. The van der Waals surface area contributed by atoms with Gasteiger partial charge in [0.1, 0.15) is 28.8 Å². The number of halogens is 2. The van der Waals surface area contributed by atoms with Crippen LogP contribution in [0.15, 0.2) is 37.9 Å². The average Bonchev–Trinajstić information content (AvgIpc) is 3.27. The second-order valence-corrected chi connectivity index (χ2v) is 8.69. The van der Waals surface area contributed by atoms with Crippen LogP contribution in [0.2, 0.25) is 9.62 Å². The summed E-state index contributed by atoms with van der Waals surface area (Å²) in [6.45, 7) is 4.71. The van der Waals surface area contributed by atoms with Gasteiger partial charge in [0.2, 0.25) is 0 Å². The second kappa shape index (κ2) is 8.37. The molecule has 0 saturated carbocycles. The lowest BCUT2D eigenvalue weighted by molar-refractivity contribution is -0.132. The van der Waals surface area contributed by atoms with Gasteiger partial charge < -0.3 is 18.3 Å². The fourth-order valence-corrected chi connectivity index (χ4v) is 4.32. The van der Waals surface area contributed by atoms with Crippen LogP contribution in [-0.4, -0.2) is 11.0 Å². The molecule has 1 aromatic carbocycles. The van der Waals surface area contributed by atoms with Crippen molar-refractivity contribution >= 4 is 51.5 Å². The van der Waals surface area contributed by atoms with Gasteiger partial charge in [-0.2, -0.15) is 0 Å². The summed E-state index contributed by atoms with van der Waals surface area (Å²) in [6.07, 6.45) is 0. The van der Waals surface area contributed by atoms with E-state index in [0.29, 0.717) is 32.3 Å². The van der Waals surface area contributed by atoms with E-state index in [2.05, 4.69) is 4.98 Å². The Morgan fingerprint density at radius 3 is 2.61 bits per heavy atom. The van der Waals surface area contributed by atoms with Crippen LogP contribution in [0.3, 0.4) is 0 Å². The zero-order valence-corrected chi connectivity index (χ0v) is 18.9. The van der Waals surface area contributed by atoms with E-state index in [1.54, 1.807) is 31.2 Å². The maximum absolute atomic E-state index is 12.2. The molecule has 0 N–H and O–H groups in total. The molecule has 0 radical (unpaired) electrons. The Morgan fingerprint density at radius 1 is 1.16 bits per heavy atom. The predicted molar refractivity (Wildman–Crippen MR) is 117 cm³/mol. The molecule has 0 unspecified atom stereocenters. The van der Waals surface area contributed by atoms with Gasteiger partial charge in [0.15, 0.2) is 16.0 Å². The Hall–Kier alpha value is -2.81. The molecule has 0 fully saturated rings. The zero-order valence-electron chi connectivity index (χ0n) is 16.6. The first kappa shape index (κ1) is 21.4. The number of rotatable bonds is 5. The highest BCUT2D eigenvalue weighted by molar-refractivity contribution is 7.16. The Morgan fingerprint density at radius 2 is 1.94 bits per heavy atom. The topological polar surface area (TPSA) is 91.8 Å². The Bertz CT molecular complexity index is 1370. The minimum Gasteiger partial charge on any atom is -0.488 e. The molecule has 0 spiro atoms. The zero-order chi connectivity index (χ0) is 22.3. The normalized spacial score (nSPS) is 11.1. The van der Waals surface area contributed by atoms with Gasteiger partial charge in [-0.15, -0.1) is 11.3 Å². The highest BCUT2D eigenvalue weighted by atomic mass is 35.5. The van der Waals surface area contributed by atoms with Gasteiger partial charge in [-0.05, 0) is 38.1 Å². The molecular weight excluding hydrogens is 465 g/mol. The van der Waals surface area contributed by atoms with E-state index in [9.17, 15) is 9.59 Å². The molecule has 4 aromatic rings. The van der Waals surface area contributed by atoms with E-state index in [-0.39, 0.29) is 23.7 Å². The lowest BCUT2D eigenvalue weighted by Crippen LogP contribution is -2.12. The number of nitrogens with zero attached hydrogens (tertiary/aromatic N) is 1. The lowest BCUT2D eigenvalue weighted by Gasteiger charge is -2.10. The van der Waals surface area contributed by atoms with Crippen molar-refractivity contribution in [1.29, 1.82) is 0 Å². The number of thiazole rings is 1. The number of ether oxygens (including phenoxy) is 2. The predicted octanol–water partition coefficient (Wildman–Crippen LogP) is 5.94. The fourth-order valence-electron chi connectivity index (χ4n) is 3.02. The van der Waals surface area contributed by atoms with Crippen molar-refractivity contribution < 1.29 is 23.1 Å². The van der Waals surface area contributed by atoms with E-state index in [0.717, 1.165) is 10.3 Å². The van der Waals surface area contributed by atoms with Gasteiger partial charge in [-0.1, -0.05) is 23.2 Å². The summed E-state index contributed by atoms with van der Waals surface area (Å²) < 4.78 is 22.6. The Balaban J connectivity index is 1.67. The second-order valence-electron chi connectivity index (χ2n) is 6.67. The van der Waals surface area contributed by atoms with Crippen molar-refractivity contribution in [3.05, 3.63) is 60.3 Å². The molecule has 0 amide bonds. The van der Waals surface area contributed by atoms with Gasteiger partial charge in [-0.25, -0.2) is 9.78 Å². The largest absolute Gasteiger partial charge is 0.488 e. The molecule has 0 aliphatic rings. The molecule has 31 heavy (non-hydrogen) atoms. The van der Waals surface area contributed by atoms with Gasteiger partial charge >= 0.3 is 11.6 Å². The van der Waals surface area contributed by atoms with Crippen molar-refractivity contribution in [2.24, 2.45) is 0 Å². The fraction of sp³-hybridized carbons (Fsp3) is 0.190. The first-order chi connectivity index (χ1) is 14.7. The monoisotopic (exact) mass is 479 g/mol. The lowest BCUT2D eigenvalue weighted by atomic mass is 10.1. The summed E-state index contributed by atoms with van der Waals surface area (Å²) in [5.41, 5.74) is 0.656. The number of fused-ring (bicyclic) bond motifs is 1. The summed E-state index contributed by atoms with van der Waals surface area (Å²) in [5, 5.41) is 1.05. The van der Waals surface area contributed by atoms with Crippen molar-refractivity contribution in [3.8, 4) is 23.0 Å². The number of carbonyl (C=O) groups is 1. The standard InChI is InChI=1S/C21H15Cl2NO6S/c1-9-17(28-11(3)25)10(2)20(26)30-18(9)15-7-12-6-13(4-5-14(12)29-15)27-8-16-19(22)24-21(23)31-16/h4-7H,8H2,1-3H3. The SMILES string of the molecule is CC(=O)Oc1c(C)c(-c2cc3cc(OCc4sc(Cl)nc4Cl)ccc3o2)oc(=O)c1C. The molecular formula is C21H15Cl2NO6S. The third kappa shape index (κ3) is 4.32. The molecule has 3 heterocycles. The van der Waals surface area contributed by atoms with Crippen molar-refractivity contribution in [1.82, 2.24) is 4.98 Å². The van der Waals surface area contributed by atoms with E-state index in [4.69, 9.17) is 41.5 Å². The smallest absolute Gasteiger partial charge is 0.343 e. The van der Waals surface area contributed by atoms with Crippen molar-refractivity contribution in [3.63, 3.8) is 0 Å². The first-order valence-electron chi connectivity index (χ1n) is 9.03. The number of aromatic nitrogens is 1. The molecule has 160 valence electrons. The summed E-state index contributed by atoms with van der Waals surface area (Å²) in [7, 11) is 0. The van der Waals surface area contributed by atoms with Crippen LogP contribution < -0.4 is 15.1 Å². The van der Waals surface area contributed by atoms with Gasteiger partial charge in [0.25, 0.3) is 0 Å². The maximum Gasteiger partial charge on any atom is 0.343 e. The number of esters is 1. The molecule has 0 atom stereocenters. The number of benzene rings is 1. The van der Waals surface area contributed by atoms with E-state index < -0.39 is 11.6 Å². The van der Waals surface area contributed by atoms with Crippen LogP contribution >= 0.6 is 34.5 Å². The van der Waals surface area contributed by atoms with Crippen LogP contribution in [0.1, 0.15) is 22.9 Å². The number of furan rings is 1. The summed E-state index contributed by atoms with van der Waals surface area (Å²) in [6, 6.07) is 6.99. The van der Waals surface area contributed by atoms with Crippen LogP contribution in [-0.2, 0) is 11.4 Å². The van der Waals surface area contributed by atoms with Crippen LogP contribution in [0.25, 0.3) is 22.5 Å². The van der Waals surface area contributed by atoms with Crippen molar-refractivity contribution in [2.45, 2.75) is 27.4 Å². The summed E-state index contributed by atoms with van der Waals surface area (Å²) in [4.78, 5) is 28.3. The molecule has 0 aliphatic carbocycles. The maximum atomic E-state index is 12.2. The van der Waals surface area contributed by atoms with Gasteiger partial charge in [-0.3, -0.25) is 4.79 Å². The minimum atomic E-state index is -0.610. The quantitative estimate of drug-likeness (QED) is 0.327. The van der Waals surface area contributed by atoms with Crippen LogP contribution in [0, 0.1) is 13.8 Å². The van der Waals surface area contributed by atoms with Gasteiger partial charge in [0, 0.05) is 17.9 Å². The van der Waals surface area contributed by atoms with E-state index >= 15 is 0 Å². The molecule has 7 nitrogen and oxygen atoms in total. The third-order valence-electron chi connectivity index (χ3n) is 4.47. The van der Waals surface area contributed by atoms with E-state index in [1.165, 1.54) is 25.2 Å². The van der Waals surface area contributed by atoms with Crippen molar-refractivity contribution in [2.75, 3.05) is 0 Å². The molecule has 4 rings (SSSR count). The first-order valence-corrected chi connectivity index (χ1v) is 10.6. The number of hydrogen-bond acceptors (Lipinski definition) is 8. The average molecular weight is 480 g/mol. The highest BCUT2D eigenvalue weighted by Crippen LogP contribution is 2.35. The Labute approximate surface area is 190 Å². The molecule has 0 bridgehead atoms. The third-order valence-corrected chi connectivity index (χ3v) is 6.03. The molecule has 0 aliphatic heterocycles. The number of carbonyl (C=O) groups excluding carboxylic acids is 1. The Kier molecular flexibility index (Phi) is 5.79. The van der Waals surface area contributed by atoms with Crippen LogP contribution in [0.4, 0.5) is 0 Å². The molecule has 3 aromatic heterocycles. The summed E-state index contributed by atoms with van der Waals surface area (Å²) >= 11 is 13.1. The van der Waals surface area contributed by atoms with Gasteiger partial charge in [0.05, 0.1) is 10.4 Å². The molecule has 10 heteroatoms. The number of hydrogen-bond donors (Lipinski definition) is 0. The van der Waals surface area contributed by atoms with Crippen LogP contribution in [0.5, 0.6) is 11.5 Å². The molecule has 0 saturated heterocycles. The highest BCUT2D eigenvalue weighted by Gasteiger charge is 2.21. The summed E-state index contributed by atoms with van der Waals surface area (Å²) in [5.74, 6) is 0.743.